The quantitative estimate of drug-likeness (QED) is 0.844. The van der Waals surface area contributed by atoms with Crippen LogP contribution in [0.15, 0.2) is 12.1 Å². The number of hydrogen-bond donors (Lipinski definition) is 1. The molecule has 0 aliphatic carbocycles. The van der Waals surface area contributed by atoms with Crippen molar-refractivity contribution in [1.29, 1.82) is 0 Å². The predicted octanol–water partition coefficient (Wildman–Crippen LogP) is 3.47. The molecule has 2 rings (SSSR count). The van der Waals surface area contributed by atoms with E-state index in [2.05, 4.69) is 12.1 Å². The van der Waals surface area contributed by atoms with E-state index in [1.54, 1.807) is 4.90 Å². The molecule has 0 bridgehead atoms. The zero-order valence-electron chi connectivity index (χ0n) is 14.5. The molecule has 1 aromatic rings. The van der Waals surface area contributed by atoms with Crippen LogP contribution in [-0.2, 0) is 17.6 Å². The Morgan fingerprint density at radius 1 is 1.30 bits per heavy atom. The topological polar surface area (TPSA) is 62.7 Å². The van der Waals surface area contributed by atoms with E-state index < -0.39 is 5.60 Å². The van der Waals surface area contributed by atoms with E-state index in [1.807, 2.05) is 20.8 Å². The van der Waals surface area contributed by atoms with Crippen molar-refractivity contribution in [2.24, 2.45) is 0 Å². The number of carbonyl (C=O) groups excluding carboxylic acids is 1. The Bertz CT molecular complexity index is 538. The van der Waals surface area contributed by atoms with Gasteiger partial charge >= 0.3 is 6.09 Å². The zero-order chi connectivity index (χ0) is 16.9. The number of hydrogen-bond acceptors (Lipinski definition) is 4. The average molecular weight is 320 g/mol. The van der Waals surface area contributed by atoms with E-state index >= 15 is 0 Å². The number of amides is 1. The van der Waals surface area contributed by atoms with Crippen LogP contribution in [0.25, 0.3) is 0 Å². The number of unbranched alkanes of at least 4 members (excludes halogenated alkanes) is 2. The lowest BCUT2D eigenvalue weighted by atomic mass is 10.0. The van der Waals surface area contributed by atoms with Gasteiger partial charge in [0.2, 0.25) is 0 Å². The molecule has 0 fully saturated rings. The summed E-state index contributed by atoms with van der Waals surface area (Å²) < 4.78 is 5.51. The van der Waals surface area contributed by atoms with E-state index in [4.69, 9.17) is 14.8 Å². The Balaban J connectivity index is 2.10. The maximum Gasteiger partial charge on any atom is 0.416 e. The fraction of sp³-hybridized carbons (Fsp3) is 0.667. The molecule has 1 aromatic heterocycles. The van der Waals surface area contributed by atoms with Crippen molar-refractivity contribution in [3.05, 3.63) is 23.4 Å². The van der Waals surface area contributed by atoms with Gasteiger partial charge in [-0.25, -0.2) is 9.78 Å². The number of fused-ring (bicyclic) bond motifs is 1. The number of aromatic nitrogens is 1. The van der Waals surface area contributed by atoms with Gasteiger partial charge in [-0.2, -0.15) is 0 Å². The maximum atomic E-state index is 12.4. The first-order chi connectivity index (χ1) is 10.9. The number of rotatable bonds is 5. The molecule has 0 atom stereocenters. The Morgan fingerprint density at radius 3 is 2.78 bits per heavy atom. The van der Waals surface area contributed by atoms with E-state index in [0.717, 1.165) is 55.6 Å². The fourth-order valence-electron chi connectivity index (χ4n) is 2.71. The molecule has 1 amide bonds. The highest BCUT2D eigenvalue weighted by molar-refractivity contribution is 5.88. The molecule has 0 saturated heterocycles. The van der Waals surface area contributed by atoms with Crippen molar-refractivity contribution in [3.8, 4) is 0 Å². The highest BCUT2D eigenvalue weighted by Gasteiger charge is 2.28. The third kappa shape index (κ3) is 5.20. The van der Waals surface area contributed by atoms with Gasteiger partial charge in [0.15, 0.2) is 0 Å². The molecule has 0 unspecified atom stereocenters. The first-order valence-corrected chi connectivity index (χ1v) is 8.51. The second-order valence-electron chi connectivity index (χ2n) is 7.06. The van der Waals surface area contributed by atoms with Gasteiger partial charge < -0.3 is 9.84 Å². The van der Waals surface area contributed by atoms with Crippen LogP contribution < -0.4 is 4.90 Å². The van der Waals surface area contributed by atoms with Crippen LogP contribution in [0.4, 0.5) is 10.6 Å². The summed E-state index contributed by atoms with van der Waals surface area (Å²) in [4.78, 5) is 18.8. The van der Waals surface area contributed by atoms with Crippen molar-refractivity contribution in [1.82, 2.24) is 4.98 Å². The van der Waals surface area contributed by atoms with Gasteiger partial charge in [-0.05, 0) is 64.5 Å². The smallest absolute Gasteiger partial charge is 0.416 e. The van der Waals surface area contributed by atoms with E-state index in [-0.39, 0.29) is 12.7 Å². The molecule has 1 aliphatic heterocycles. The number of aliphatic hydroxyl groups is 1. The molecule has 1 aliphatic rings. The third-order valence-electron chi connectivity index (χ3n) is 3.80. The van der Waals surface area contributed by atoms with Crippen LogP contribution in [0.2, 0.25) is 0 Å². The summed E-state index contributed by atoms with van der Waals surface area (Å²) in [5, 5.41) is 8.84. The van der Waals surface area contributed by atoms with Gasteiger partial charge in [-0.15, -0.1) is 0 Å². The number of carbonyl (C=O) groups is 1. The molecule has 23 heavy (non-hydrogen) atoms. The van der Waals surface area contributed by atoms with Crippen molar-refractivity contribution in [2.45, 2.75) is 64.9 Å². The second-order valence-corrected chi connectivity index (χ2v) is 7.06. The summed E-state index contributed by atoms with van der Waals surface area (Å²) in [7, 11) is 0. The Kier molecular flexibility index (Phi) is 5.99. The number of aliphatic hydroxyl groups excluding tert-OH is 1. The molecule has 1 N–H and O–H groups in total. The Labute approximate surface area is 138 Å². The normalized spacial score (nSPS) is 14.5. The van der Waals surface area contributed by atoms with Crippen molar-refractivity contribution >= 4 is 11.9 Å². The van der Waals surface area contributed by atoms with Crippen molar-refractivity contribution in [3.63, 3.8) is 0 Å². The first kappa shape index (κ1) is 17.7. The lowest BCUT2D eigenvalue weighted by Crippen LogP contribution is -2.40. The standard InChI is InChI=1S/C18H28N2O3/c1-18(2,3)23-17(22)20-12-7-8-14-10-11-15(19-16(14)20)9-5-4-6-13-21/h10-11,21H,4-9,12-13H2,1-3H3. The van der Waals surface area contributed by atoms with Crippen molar-refractivity contribution in [2.75, 3.05) is 18.1 Å². The minimum absolute atomic E-state index is 0.240. The molecule has 5 nitrogen and oxygen atoms in total. The summed E-state index contributed by atoms with van der Waals surface area (Å²) in [6.45, 7) is 6.52. The molecule has 0 spiro atoms. The number of nitrogens with zero attached hydrogens (tertiary/aromatic N) is 2. The summed E-state index contributed by atoms with van der Waals surface area (Å²) in [5.41, 5.74) is 1.61. The van der Waals surface area contributed by atoms with Crippen molar-refractivity contribution < 1.29 is 14.6 Å². The predicted molar refractivity (Wildman–Crippen MR) is 90.8 cm³/mol. The highest BCUT2D eigenvalue weighted by atomic mass is 16.6. The fourth-order valence-corrected chi connectivity index (χ4v) is 2.71. The SMILES string of the molecule is CC(C)(C)OC(=O)N1CCCc2ccc(CCCCCO)nc21. The van der Waals surface area contributed by atoms with Crippen LogP contribution in [0.5, 0.6) is 0 Å². The van der Waals surface area contributed by atoms with Gasteiger partial charge in [0, 0.05) is 18.8 Å². The number of anilines is 1. The third-order valence-corrected chi connectivity index (χ3v) is 3.80. The molecule has 0 radical (unpaired) electrons. The molecular formula is C18H28N2O3. The summed E-state index contributed by atoms with van der Waals surface area (Å²) in [6, 6.07) is 4.14. The lowest BCUT2D eigenvalue weighted by Gasteiger charge is -2.31. The Morgan fingerprint density at radius 2 is 2.09 bits per heavy atom. The molecule has 5 heteroatoms. The highest BCUT2D eigenvalue weighted by Crippen LogP contribution is 2.27. The summed E-state index contributed by atoms with van der Waals surface area (Å²) in [5.74, 6) is 0.755. The van der Waals surface area contributed by atoms with Crippen LogP contribution in [-0.4, -0.2) is 34.9 Å². The average Bonchev–Trinajstić information content (AvgIpc) is 2.49. The lowest BCUT2D eigenvalue weighted by molar-refractivity contribution is 0.0576. The van der Waals surface area contributed by atoms with Crippen LogP contribution >= 0.6 is 0 Å². The van der Waals surface area contributed by atoms with E-state index in [9.17, 15) is 4.79 Å². The van der Waals surface area contributed by atoms with E-state index in [1.165, 1.54) is 0 Å². The van der Waals surface area contributed by atoms with Gasteiger partial charge in [0.1, 0.15) is 11.4 Å². The minimum atomic E-state index is -0.503. The summed E-state index contributed by atoms with van der Waals surface area (Å²) in [6.07, 6.45) is 5.26. The van der Waals surface area contributed by atoms with Gasteiger partial charge in [-0.1, -0.05) is 12.5 Å². The second kappa shape index (κ2) is 7.77. The largest absolute Gasteiger partial charge is 0.443 e. The number of ether oxygens (including phenoxy) is 1. The molecule has 0 saturated carbocycles. The number of pyridine rings is 1. The molecule has 128 valence electrons. The zero-order valence-corrected chi connectivity index (χ0v) is 14.5. The first-order valence-electron chi connectivity index (χ1n) is 8.51. The molecule has 2 heterocycles. The Hall–Kier alpha value is -1.62. The van der Waals surface area contributed by atoms with Crippen LogP contribution in [0.1, 0.15) is 57.7 Å². The minimum Gasteiger partial charge on any atom is -0.443 e. The van der Waals surface area contributed by atoms with Crippen LogP contribution in [0.3, 0.4) is 0 Å². The van der Waals surface area contributed by atoms with E-state index in [0.29, 0.717) is 6.54 Å². The number of aryl methyl sites for hydroxylation is 2. The van der Waals surface area contributed by atoms with Gasteiger partial charge in [-0.3, -0.25) is 4.90 Å². The molecule has 0 aromatic carbocycles. The maximum absolute atomic E-state index is 12.4. The monoisotopic (exact) mass is 320 g/mol. The summed E-state index contributed by atoms with van der Waals surface area (Å²) >= 11 is 0. The van der Waals surface area contributed by atoms with Gasteiger partial charge in [0.05, 0.1) is 0 Å². The van der Waals surface area contributed by atoms with Gasteiger partial charge in [0.25, 0.3) is 0 Å². The molecular weight excluding hydrogens is 292 g/mol. The van der Waals surface area contributed by atoms with Crippen LogP contribution in [0, 0.1) is 0 Å².